The number of rotatable bonds is 3. The maximum Gasteiger partial charge on any atom is 0.338 e. The van der Waals surface area contributed by atoms with Crippen molar-refractivity contribution in [3.63, 3.8) is 0 Å². The number of ether oxygens (including phenoxy) is 1. The molecule has 0 amide bonds. The Kier molecular flexibility index (Phi) is 2.15. The molecule has 0 bridgehead atoms. The van der Waals surface area contributed by atoms with Crippen molar-refractivity contribution in [1.82, 2.24) is 0 Å². The van der Waals surface area contributed by atoms with E-state index in [1.807, 2.05) is 0 Å². The summed E-state index contributed by atoms with van der Waals surface area (Å²) < 4.78 is 4.88. The van der Waals surface area contributed by atoms with Gasteiger partial charge in [-0.25, -0.2) is 4.79 Å². The van der Waals surface area contributed by atoms with E-state index in [-0.39, 0.29) is 0 Å². The Morgan fingerprint density at radius 1 is 1.82 bits per heavy atom. The summed E-state index contributed by atoms with van der Waals surface area (Å²) in [4.78, 5) is 10.6. The van der Waals surface area contributed by atoms with Crippen molar-refractivity contribution < 1.29 is 19.7 Å². The summed E-state index contributed by atoms with van der Waals surface area (Å²) >= 11 is 0. The van der Waals surface area contributed by atoms with E-state index in [0.29, 0.717) is 19.4 Å². The molecule has 0 spiro atoms. The number of carboxylic acid groups (broad SMARTS) is 1. The van der Waals surface area contributed by atoms with E-state index < -0.39 is 17.7 Å². The third-order valence-electron chi connectivity index (χ3n) is 2.12. The molecule has 0 saturated carbocycles. The zero-order valence-electron chi connectivity index (χ0n) is 6.41. The van der Waals surface area contributed by atoms with E-state index in [2.05, 4.69) is 0 Å². The maximum atomic E-state index is 10.6. The number of aliphatic carboxylic acids is 1. The van der Waals surface area contributed by atoms with Crippen molar-refractivity contribution in [3.05, 3.63) is 0 Å². The van der Waals surface area contributed by atoms with Gasteiger partial charge in [0.2, 0.25) is 0 Å². The number of aliphatic hydroxyl groups is 1. The Labute approximate surface area is 64.8 Å². The second-order valence-electron chi connectivity index (χ2n) is 2.72. The Balaban J connectivity index is 2.67. The first-order chi connectivity index (χ1) is 5.13. The fourth-order valence-corrected chi connectivity index (χ4v) is 1.23. The van der Waals surface area contributed by atoms with Gasteiger partial charge in [0, 0.05) is 6.42 Å². The summed E-state index contributed by atoms with van der Waals surface area (Å²) in [6, 6.07) is 0. The smallest absolute Gasteiger partial charge is 0.338 e. The molecule has 4 nitrogen and oxygen atoms in total. The molecule has 64 valence electrons. The molecule has 2 unspecified atom stereocenters. The lowest BCUT2D eigenvalue weighted by atomic mass is 9.87. The zero-order chi connectivity index (χ0) is 8.48. The van der Waals surface area contributed by atoms with Crippen LogP contribution >= 0.6 is 0 Å². The Hall–Kier alpha value is -0.610. The standard InChI is InChI=1S/C7H12O4/c1-2-5(8)7(6(9)10)3-4-11-7/h5,8H,2-4H2,1H3,(H,9,10). The summed E-state index contributed by atoms with van der Waals surface area (Å²) in [6.07, 6.45) is -0.0577. The highest BCUT2D eigenvalue weighted by Crippen LogP contribution is 2.31. The van der Waals surface area contributed by atoms with Crippen LogP contribution in [0.5, 0.6) is 0 Å². The van der Waals surface area contributed by atoms with Crippen LogP contribution in [-0.2, 0) is 9.53 Å². The van der Waals surface area contributed by atoms with E-state index in [4.69, 9.17) is 9.84 Å². The predicted octanol–water partition coefficient (Wildman–Crippen LogP) is 0.00100. The largest absolute Gasteiger partial charge is 0.479 e. The van der Waals surface area contributed by atoms with Crippen LogP contribution in [-0.4, -0.2) is 34.5 Å². The Morgan fingerprint density at radius 2 is 2.36 bits per heavy atom. The fourth-order valence-electron chi connectivity index (χ4n) is 1.23. The molecule has 11 heavy (non-hydrogen) atoms. The number of hydrogen-bond acceptors (Lipinski definition) is 3. The van der Waals surface area contributed by atoms with Crippen LogP contribution in [0.3, 0.4) is 0 Å². The molecule has 1 aliphatic heterocycles. The monoisotopic (exact) mass is 160 g/mol. The summed E-state index contributed by atoms with van der Waals surface area (Å²) in [6.45, 7) is 2.17. The Morgan fingerprint density at radius 3 is 2.45 bits per heavy atom. The molecule has 2 atom stereocenters. The minimum atomic E-state index is -1.30. The first-order valence-corrected chi connectivity index (χ1v) is 3.69. The number of hydrogen-bond donors (Lipinski definition) is 2. The first-order valence-electron chi connectivity index (χ1n) is 3.69. The molecule has 4 heteroatoms. The highest BCUT2D eigenvalue weighted by molar-refractivity contribution is 5.79. The SMILES string of the molecule is CCC(O)C1(C(=O)O)CCO1. The molecule has 0 aromatic heterocycles. The van der Waals surface area contributed by atoms with E-state index in [0.717, 1.165) is 0 Å². The quantitative estimate of drug-likeness (QED) is 0.610. The average molecular weight is 160 g/mol. The molecular formula is C7H12O4. The van der Waals surface area contributed by atoms with Gasteiger partial charge in [-0.15, -0.1) is 0 Å². The Bertz CT molecular complexity index is 162. The molecule has 2 N–H and O–H groups in total. The molecule has 0 radical (unpaired) electrons. The van der Waals surface area contributed by atoms with Crippen LogP contribution in [0.15, 0.2) is 0 Å². The minimum Gasteiger partial charge on any atom is -0.479 e. The van der Waals surface area contributed by atoms with Crippen molar-refractivity contribution >= 4 is 5.97 Å². The van der Waals surface area contributed by atoms with Gasteiger partial charge in [0.05, 0.1) is 12.7 Å². The van der Waals surface area contributed by atoms with Crippen molar-refractivity contribution in [1.29, 1.82) is 0 Å². The fraction of sp³-hybridized carbons (Fsp3) is 0.857. The average Bonchev–Trinajstić information content (AvgIpc) is 1.84. The van der Waals surface area contributed by atoms with Crippen LogP contribution < -0.4 is 0 Å². The van der Waals surface area contributed by atoms with Crippen molar-refractivity contribution in [2.75, 3.05) is 6.61 Å². The molecule has 0 aliphatic carbocycles. The van der Waals surface area contributed by atoms with Crippen LogP contribution in [0.4, 0.5) is 0 Å². The van der Waals surface area contributed by atoms with Crippen molar-refractivity contribution in [2.24, 2.45) is 0 Å². The van der Waals surface area contributed by atoms with Gasteiger partial charge >= 0.3 is 5.97 Å². The van der Waals surface area contributed by atoms with E-state index >= 15 is 0 Å². The van der Waals surface area contributed by atoms with Crippen LogP contribution in [0, 0.1) is 0 Å². The second kappa shape index (κ2) is 2.79. The highest BCUT2D eigenvalue weighted by atomic mass is 16.6. The van der Waals surface area contributed by atoms with E-state index in [1.165, 1.54) is 0 Å². The number of aliphatic hydroxyl groups excluding tert-OH is 1. The van der Waals surface area contributed by atoms with Gasteiger partial charge in [-0.1, -0.05) is 6.92 Å². The maximum absolute atomic E-state index is 10.6. The molecule has 1 aliphatic rings. The van der Waals surface area contributed by atoms with Gasteiger partial charge in [-0.05, 0) is 6.42 Å². The molecule has 1 heterocycles. The topological polar surface area (TPSA) is 66.8 Å². The lowest BCUT2D eigenvalue weighted by Crippen LogP contribution is -2.58. The summed E-state index contributed by atoms with van der Waals surface area (Å²) in [7, 11) is 0. The van der Waals surface area contributed by atoms with Gasteiger partial charge in [0.25, 0.3) is 0 Å². The molecule has 1 saturated heterocycles. The lowest BCUT2D eigenvalue weighted by molar-refractivity contribution is -0.222. The van der Waals surface area contributed by atoms with Gasteiger partial charge in [-0.2, -0.15) is 0 Å². The number of carboxylic acids is 1. The predicted molar refractivity (Wildman–Crippen MR) is 37.2 cm³/mol. The van der Waals surface area contributed by atoms with Gasteiger partial charge in [0.1, 0.15) is 0 Å². The highest BCUT2D eigenvalue weighted by Gasteiger charge is 2.51. The molecule has 1 fully saturated rings. The van der Waals surface area contributed by atoms with Crippen LogP contribution in [0.2, 0.25) is 0 Å². The summed E-state index contributed by atoms with van der Waals surface area (Å²) in [5.41, 5.74) is -1.30. The minimum absolute atomic E-state index is 0.409. The van der Waals surface area contributed by atoms with E-state index in [1.54, 1.807) is 6.92 Å². The summed E-state index contributed by atoms with van der Waals surface area (Å²) in [5.74, 6) is -1.06. The van der Waals surface area contributed by atoms with Gasteiger partial charge in [-0.3, -0.25) is 0 Å². The van der Waals surface area contributed by atoms with Crippen molar-refractivity contribution in [3.8, 4) is 0 Å². The third kappa shape index (κ3) is 1.12. The zero-order valence-corrected chi connectivity index (χ0v) is 6.41. The summed E-state index contributed by atoms with van der Waals surface area (Å²) in [5, 5.41) is 18.0. The molecule has 0 aromatic carbocycles. The number of carbonyl (C=O) groups is 1. The molecule has 0 aromatic rings. The lowest BCUT2D eigenvalue weighted by Gasteiger charge is -2.40. The van der Waals surface area contributed by atoms with E-state index in [9.17, 15) is 9.90 Å². The second-order valence-corrected chi connectivity index (χ2v) is 2.72. The van der Waals surface area contributed by atoms with Gasteiger partial charge in [0.15, 0.2) is 5.60 Å². The third-order valence-corrected chi connectivity index (χ3v) is 2.12. The van der Waals surface area contributed by atoms with Crippen LogP contribution in [0.25, 0.3) is 0 Å². The first kappa shape index (κ1) is 8.49. The van der Waals surface area contributed by atoms with Crippen molar-refractivity contribution in [2.45, 2.75) is 31.5 Å². The van der Waals surface area contributed by atoms with Crippen LogP contribution in [0.1, 0.15) is 19.8 Å². The van der Waals surface area contributed by atoms with Gasteiger partial charge < -0.3 is 14.9 Å². The molecule has 1 rings (SSSR count). The molecular weight excluding hydrogens is 148 g/mol. The normalized spacial score (nSPS) is 32.5.